The molecule has 0 aromatic heterocycles. The van der Waals surface area contributed by atoms with Gasteiger partial charge in [0.1, 0.15) is 10.1 Å². The number of hydrogen-bond acceptors (Lipinski definition) is 5. The van der Waals surface area contributed by atoms with E-state index in [2.05, 4.69) is 5.32 Å². The molecule has 1 N–H and O–H groups in total. The number of nitrogens with one attached hydrogen (secondary N) is 1. The van der Waals surface area contributed by atoms with E-state index in [0.717, 1.165) is 16.8 Å². The van der Waals surface area contributed by atoms with Gasteiger partial charge in [-0.15, -0.1) is 0 Å². The smallest absolute Gasteiger partial charge is 0.266 e. The zero-order chi connectivity index (χ0) is 23.2. The third kappa shape index (κ3) is 5.88. The van der Waals surface area contributed by atoms with Crippen molar-refractivity contribution in [3.8, 4) is 5.75 Å². The summed E-state index contributed by atoms with van der Waals surface area (Å²) in [6, 6.07) is 24.6. The number of hydrogen-bond donors (Lipinski definition) is 1. The van der Waals surface area contributed by atoms with E-state index < -0.39 is 0 Å². The molecule has 33 heavy (non-hydrogen) atoms. The van der Waals surface area contributed by atoms with Gasteiger partial charge in [0.2, 0.25) is 0 Å². The highest BCUT2D eigenvalue weighted by atomic mass is 32.2. The maximum absolute atomic E-state index is 13.0. The molecule has 0 radical (unpaired) electrons. The van der Waals surface area contributed by atoms with E-state index in [1.165, 1.54) is 11.8 Å². The molecule has 2 amide bonds. The first-order valence-electron chi connectivity index (χ1n) is 10.4. The van der Waals surface area contributed by atoms with Crippen molar-refractivity contribution >= 4 is 51.9 Å². The summed E-state index contributed by atoms with van der Waals surface area (Å²) in [5.41, 5.74) is 3.50. The second-order valence-corrected chi connectivity index (χ2v) is 9.17. The van der Waals surface area contributed by atoms with Gasteiger partial charge in [0.15, 0.2) is 6.61 Å². The Bertz CT molecular complexity index is 1220. The lowest BCUT2D eigenvalue weighted by atomic mass is 10.1. The van der Waals surface area contributed by atoms with E-state index in [-0.39, 0.29) is 18.4 Å². The zero-order valence-electron chi connectivity index (χ0n) is 18.0. The van der Waals surface area contributed by atoms with Crippen LogP contribution in [0.3, 0.4) is 0 Å². The predicted molar refractivity (Wildman–Crippen MR) is 137 cm³/mol. The quantitative estimate of drug-likeness (QED) is 0.366. The summed E-state index contributed by atoms with van der Waals surface area (Å²) in [5.74, 6) is 0.121. The Morgan fingerprint density at radius 2 is 1.82 bits per heavy atom. The van der Waals surface area contributed by atoms with Gasteiger partial charge in [-0.3, -0.25) is 14.5 Å². The minimum absolute atomic E-state index is 0.138. The van der Waals surface area contributed by atoms with Crippen LogP contribution in [0.5, 0.6) is 5.75 Å². The average molecular weight is 475 g/mol. The lowest BCUT2D eigenvalue weighted by Crippen LogP contribution is -2.27. The van der Waals surface area contributed by atoms with E-state index in [9.17, 15) is 9.59 Å². The lowest BCUT2D eigenvalue weighted by molar-refractivity contribution is -0.122. The third-order valence-electron chi connectivity index (χ3n) is 4.92. The molecule has 0 atom stereocenters. The molecule has 0 unspecified atom stereocenters. The summed E-state index contributed by atoms with van der Waals surface area (Å²) in [6.07, 6.45) is 1.76. The Morgan fingerprint density at radius 3 is 2.61 bits per heavy atom. The zero-order valence-corrected chi connectivity index (χ0v) is 19.6. The highest BCUT2D eigenvalue weighted by molar-refractivity contribution is 8.26. The standard InChI is InChI=1S/C26H22N2O3S2/c1-18-8-7-12-21(14-18)27-24(29)17-31-22-13-6-5-11-20(22)15-23-25(30)28(26(32)33-23)16-19-9-3-2-4-10-19/h2-15H,16-17H2,1H3,(H,27,29)/b23-15-. The fourth-order valence-electron chi connectivity index (χ4n) is 3.34. The Morgan fingerprint density at radius 1 is 1.06 bits per heavy atom. The largest absolute Gasteiger partial charge is 0.483 e. The van der Waals surface area contributed by atoms with Crippen LogP contribution >= 0.6 is 24.0 Å². The summed E-state index contributed by atoms with van der Waals surface area (Å²) < 4.78 is 6.29. The number of amides is 2. The van der Waals surface area contributed by atoms with E-state index in [1.54, 1.807) is 17.0 Å². The van der Waals surface area contributed by atoms with Crippen LogP contribution in [-0.2, 0) is 16.1 Å². The molecule has 3 aromatic rings. The molecule has 0 saturated carbocycles. The van der Waals surface area contributed by atoms with Gasteiger partial charge in [0, 0.05) is 11.3 Å². The van der Waals surface area contributed by atoms with Crippen LogP contribution in [0.4, 0.5) is 5.69 Å². The first-order chi connectivity index (χ1) is 16.0. The van der Waals surface area contributed by atoms with Crippen molar-refractivity contribution in [2.45, 2.75) is 13.5 Å². The van der Waals surface area contributed by atoms with Crippen molar-refractivity contribution in [2.24, 2.45) is 0 Å². The minimum Gasteiger partial charge on any atom is -0.483 e. The Balaban J connectivity index is 1.44. The number of carbonyl (C=O) groups excluding carboxylic acids is 2. The van der Waals surface area contributed by atoms with Gasteiger partial charge >= 0.3 is 0 Å². The normalized spacial score (nSPS) is 14.6. The number of benzene rings is 3. The Kier molecular flexibility index (Phi) is 7.22. The Labute approximate surface area is 202 Å². The van der Waals surface area contributed by atoms with Crippen LogP contribution in [0, 0.1) is 6.92 Å². The molecule has 0 spiro atoms. The number of carbonyl (C=O) groups is 2. The number of aryl methyl sites for hydroxylation is 1. The topological polar surface area (TPSA) is 58.6 Å². The molecule has 1 aliphatic rings. The van der Waals surface area contributed by atoms with Crippen LogP contribution < -0.4 is 10.1 Å². The van der Waals surface area contributed by atoms with Crippen molar-refractivity contribution in [3.05, 3.63) is 100 Å². The first kappa shape index (κ1) is 22.8. The maximum atomic E-state index is 13.0. The fourth-order valence-corrected chi connectivity index (χ4v) is 4.58. The van der Waals surface area contributed by atoms with Gasteiger partial charge in [-0.25, -0.2) is 0 Å². The van der Waals surface area contributed by atoms with Gasteiger partial charge in [0.25, 0.3) is 11.8 Å². The van der Waals surface area contributed by atoms with Gasteiger partial charge < -0.3 is 10.1 Å². The highest BCUT2D eigenvalue weighted by Gasteiger charge is 2.32. The summed E-state index contributed by atoms with van der Waals surface area (Å²) in [7, 11) is 0. The molecule has 1 saturated heterocycles. The monoisotopic (exact) mass is 474 g/mol. The SMILES string of the molecule is Cc1cccc(NC(=O)COc2ccccc2/C=C2\SC(=S)N(Cc3ccccc3)C2=O)c1. The number of para-hydroxylation sites is 1. The van der Waals surface area contributed by atoms with E-state index >= 15 is 0 Å². The molecule has 5 nitrogen and oxygen atoms in total. The van der Waals surface area contributed by atoms with E-state index in [4.69, 9.17) is 17.0 Å². The van der Waals surface area contributed by atoms with Crippen molar-refractivity contribution in [2.75, 3.05) is 11.9 Å². The van der Waals surface area contributed by atoms with Crippen LogP contribution in [0.15, 0.2) is 83.8 Å². The second kappa shape index (κ2) is 10.5. The van der Waals surface area contributed by atoms with E-state index in [1.807, 2.05) is 79.7 Å². The van der Waals surface area contributed by atoms with Crippen LogP contribution in [0.25, 0.3) is 6.08 Å². The maximum Gasteiger partial charge on any atom is 0.266 e. The van der Waals surface area contributed by atoms with E-state index in [0.29, 0.717) is 27.1 Å². The molecule has 166 valence electrons. The molecular formula is C26H22N2O3S2. The molecule has 1 fully saturated rings. The second-order valence-electron chi connectivity index (χ2n) is 7.50. The molecular weight excluding hydrogens is 452 g/mol. The summed E-state index contributed by atoms with van der Waals surface area (Å²) in [6.45, 7) is 2.25. The van der Waals surface area contributed by atoms with Gasteiger partial charge in [0.05, 0.1) is 11.4 Å². The third-order valence-corrected chi connectivity index (χ3v) is 6.30. The number of thiocarbonyl (C=S) groups is 1. The average Bonchev–Trinajstić information content (AvgIpc) is 3.06. The lowest BCUT2D eigenvalue weighted by Gasteiger charge is -2.14. The number of anilines is 1. The molecule has 1 aliphatic heterocycles. The highest BCUT2D eigenvalue weighted by Crippen LogP contribution is 2.35. The summed E-state index contributed by atoms with van der Waals surface area (Å²) in [5, 5.41) is 2.83. The minimum atomic E-state index is -0.260. The molecule has 1 heterocycles. The fraction of sp³-hybridized carbons (Fsp3) is 0.115. The van der Waals surface area contributed by atoms with Crippen molar-refractivity contribution < 1.29 is 14.3 Å². The van der Waals surface area contributed by atoms with Crippen molar-refractivity contribution in [3.63, 3.8) is 0 Å². The van der Waals surface area contributed by atoms with Crippen LogP contribution in [0.2, 0.25) is 0 Å². The van der Waals surface area contributed by atoms with Crippen molar-refractivity contribution in [1.29, 1.82) is 0 Å². The number of nitrogens with zero attached hydrogens (tertiary/aromatic N) is 1. The van der Waals surface area contributed by atoms with Gasteiger partial charge in [-0.1, -0.05) is 84.6 Å². The van der Waals surface area contributed by atoms with Gasteiger partial charge in [-0.05, 0) is 42.3 Å². The Hall–Kier alpha value is -3.42. The molecule has 3 aromatic carbocycles. The molecule has 7 heteroatoms. The summed E-state index contributed by atoms with van der Waals surface area (Å²) >= 11 is 6.71. The number of ether oxygens (including phenoxy) is 1. The molecule has 4 rings (SSSR count). The first-order valence-corrected chi connectivity index (χ1v) is 11.6. The number of thioether (sulfide) groups is 1. The van der Waals surface area contributed by atoms with Crippen molar-refractivity contribution in [1.82, 2.24) is 4.90 Å². The van der Waals surface area contributed by atoms with Crippen LogP contribution in [-0.4, -0.2) is 27.6 Å². The predicted octanol–water partition coefficient (Wildman–Crippen LogP) is 5.41. The number of rotatable bonds is 7. The molecule has 0 aliphatic carbocycles. The van der Waals surface area contributed by atoms with Gasteiger partial charge in [-0.2, -0.15) is 0 Å². The molecule has 0 bridgehead atoms. The van der Waals surface area contributed by atoms with Crippen LogP contribution in [0.1, 0.15) is 16.7 Å². The summed E-state index contributed by atoms with van der Waals surface area (Å²) in [4.78, 5) is 27.4.